The maximum Gasteiger partial charge on any atom is 0.329 e. The van der Waals surface area contributed by atoms with Gasteiger partial charge in [-0.15, -0.1) is 0 Å². The molecule has 0 aliphatic heterocycles. The number of carboxylic acid groups (broad SMARTS) is 1. The molecule has 102 valence electrons. The molecular formula is C12H15N3O4. The molecule has 1 heterocycles. The van der Waals surface area contributed by atoms with E-state index in [0.29, 0.717) is 24.2 Å². The lowest BCUT2D eigenvalue weighted by atomic mass is 9.97. The number of pyridine rings is 1. The third kappa shape index (κ3) is 2.49. The lowest BCUT2D eigenvalue weighted by molar-refractivity contribution is -0.385. The molecule has 0 saturated heterocycles. The van der Waals surface area contributed by atoms with Crippen LogP contribution >= 0.6 is 0 Å². The van der Waals surface area contributed by atoms with E-state index in [0.717, 1.165) is 19.0 Å². The lowest BCUT2D eigenvalue weighted by Crippen LogP contribution is -2.44. The monoisotopic (exact) mass is 265 g/mol. The number of nitro groups is 1. The van der Waals surface area contributed by atoms with Gasteiger partial charge in [-0.05, 0) is 25.3 Å². The Morgan fingerprint density at radius 3 is 2.63 bits per heavy atom. The molecule has 0 aromatic carbocycles. The fourth-order valence-electron chi connectivity index (χ4n) is 2.39. The molecule has 2 N–H and O–H groups in total. The molecule has 1 aliphatic carbocycles. The van der Waals surface area contributed by atoms with Crippen LogP contribution in [0.2, 0.25) is 0 Å². The fourth-order valence-corrected chi connectivity index (χ4v) is 2.39. The molecule has 0 bridgehead atoms. The smallest absolute Gasteiger partial charge is 0.329 e. The third-order valence-electron chi connectivity index (χ3n) is 3.50. The summed E-state index contributed by atoms with van der Waals surface area (Å²) in [6, 6.07) is 1.39. The number of carboxylic acids is 1. The number of anilines is 1. The second-order valence-corrected chi connectivity index (χ2v) is 4.84. The first kappa shape index (κ1) is 13.3. The van der Waals surface area contributed by atoms with Gasteiger partial charge in [-0.3, -0.25) is 10.1 Å². The van der Waals surface area contributed by atoms with Crippen molar-refractivity contribution in [1.82, 2.24) is 4.98 Å². The van der Waals surface area contributed by atoms with Crippen LogP contribution in [0.4, 0.5) is 11.5 Å². The third-order valence-corrected chi connectivity index (χ3v) is 3.50. The van der Waals surface area contributed by atoms with Gasteiger partial charge in [0.05, 0.1) is 4.92 Å². The summed E-state index contributed by atoms with van der Waals surface area (Å²) >= 11 is 0. The van der Waals surface area contributed by atoms with Gasteiger partial charge >= 0.3 is 5.97 Å². The molecule has 1 aliphatic rings. The Balaban J connectivity index is 2.28. The van der Waals surface area contributed by atoms with Gasteiger partial charge in [0.15, 0.2) is 0 Å². The first-order valence-corrected chi connectivity index (χ1v) is 6.07. The maximum atomic E-state index is 11.4. The number of aryl methyl sites for hydroxylation is 1. The average Bonchev–Trinajstić information content (AvgIpc) is 2.81. The number of hydrogen-bond donors (Lipinski definition) is 2. The van der Waals surface area contributed by atoms with Gasteiger partial charge in [-0.2, -0.15) is 0 Å². The number of nitrogens with zero attached hydrogens (tertiary/aromatic N) is 2. The Morgan fingerprint density at radius 2 is 2.16 bits per heavy atom. The summed E-state index contributed by atoms with van der Waals surface area (Å²) in [5.74, 6) is -0.501. The van der Waals surface area contributed by atoms with E-state index >= 15 is 0 Å². The molecule has 1 aromatic rings. The minimum Gasteiger partial charge on any atom is -0.480 e. The van der Waals surface area contributed by atoms with Crippen LogP contribution in [0.1, 0.15) is 31.2 Å². The fraction of sp³-hybridized carbons (Fsp3) is 0.500. The first-order valence-electron chi connectivity index (χ1n) is 6.07. The van der Waals surface area contributed by atoms with Gasteiger partial charge < -0.3 is 10.4 Å². The Labute approximate surface area is 109 Å². The standard InChI is InChI=1S/C12H15N3O4/c1-8-6-9(15(18)19)7-13-10(8)14-12(11(16)17)4-2-3-5-12/h6-7H,2-5H2,1H3,(H,13,14)(H,16,17). The Bertz CT molecular complexity index is 524. The molecule has 7 nitrogen and oxygen atoms in total. The quantitative estimate of drug-likeness (QED) is 0.638. The van der Waals surface area contributed by atoms with Crippen LogP contribution in [0.3, 0.4) is 0 Å². The number of carbonyl (C=O) groups is 1. The summed E-state index contributed by atoms with van der Waals surface area (Å²) < 4.78 is 0. The Hall–Kier alpha value is -2.18. The van der Waals surface area contributed by atoms with E-state index < -0.39 is 16.4 Å². The van der Waals surface area contributed by atoms with Gasteiger partial charge in [0.25, 0.3) is 5.69 Å². The van der Waals surface area contributed by atoms with Crippen LogP contribution in [0, 0.1) is 17.0 Å². The van der Waals surface area contributed by atoms with Crippen molar-refractivity contribution in [3.8, 4) is 0 Å². The molecule has 0 spiro atoms. The number of rotatable bonds is 4. The van der Waals surface area contributed by atoms with Crippen LogP contribution in [-0.4, -0.2) is 26.5 Å². The molecule has 0 amide bonds. The van der Waals surface area contributed by atoms with Gasteiger partial charge in [-0.25, -0.2) is 9.78 Å². The van der Waals surface area contributed by atoms with E-state index in [4.69, 9.17) is 0 Å². The maximum absolute atomic E-state index is 11.4. The highest BCUT2D eigenvalue weighted by molar-refractivity contribution is 5.83. The molecule has 2 rings (SSSR count). The zero-order valence-corrected chi connectivity index (χ0v) is 10.5. The minimum absolute atomic E-state index is 0.0983. The normalized spacial score (nSPS) is 17.1. The van der Waals surface area contributed by atoms with Crippen LogP contribution in [0.15, 0.2) is 12.3 Å². The summed E-state index contributed by atoms with van der Waals surface area (Å²) in [5, 5.41) is 22.9. The first-order chi connectivity index (χ1) is 8.94. The minimum atomic E-state index is -0.992. The zero-order chi connectivity index (χ0) is 14.0. The Kier molecular flexibility index (Phi) is 3.37. The molecule has 0 unspecified atom stereocenters. The predicted octanol–water partition coefficient (Wildman–Crippen LogP) is 2.11. The van der Waals surface area contributed by atoms with Crippen molar-refractivity contribution < 1.29 is 14.8 Å². The van der Waals surface area contributed by atoms with Crippen LogP contribution in [0.5, 0.6) is 0 Å². The van der Waals surface area contributed by atoms with Crippen LogP contribution < -0.4 is 5.32 Å². The van der Waals surface area contributed by atoms with Gasteiger partial charge in [0.2, 0.25) is 0 Å². The number of hydrogen-bond acceptors (Lipinski definition) is 5. The number of aliphatic carboxylic acids is 1. The van der Waals surface area contributed by atoms with Crippen molar-refractivity contribution >= 4 is 17.5 Å². The lowest BCUT2D eigenvalue weighted by Gasteiger charge is -2.26. The molecule has 1 fully saturated rings. The zero-order valence-electron chi connectivity index (χ0n) is 10.5. The molecule has 19 heavy (non-hydrogen) atoms. The largest absolute Gasteiger partial charge is 0.480 e. The highest BCUT2D eigenvalue weighted by Crippen LogP contribution is 2.34. The van der Waals surface area contributed by atoms with Crippen molar-refractivity contribution in [1.29, 1.82) is 0 Å². The predicted molar refractivity (Wildman–Crippen MR) is 68.1 cm³/mol. The van der Waals surface area contributed by atoms with Crippen molar-refractivity contribution in [2.45, 2.75) is 38.1 Å². The highest BCUT2D eigenvalue weighted by atomic mass is 16.6. The molecule has 0 atom stereocenters. The summed E-state index contributed by atoms with van der Waals surface area (Å²) in [6.45, 7) is 1.67. The molecule has 0 radical (unpaired) electrons. The summed E-state index contributed by atoms with van der Waals surface area (Å²) in [4.78, 5) is 25.5. The van der Waals surface area contributed by atoms with E-state index in [1.54, 1.807) is 6.92 Å². The van der Waals surface area contributed by atoms with Crippen molar-refractivity contribution in [3.05, 3.63) is 27.9 Å². The summed E-state index contributed by atoms with van der Waals surface area (Å²) in [7, 11) is 0. The van der Waals surface area contributed by atoms with E-state index in [1.165, 1.54) is 6.07 Å². The van der Waals surface area contributed by atoms with Gasteiger partial charge in [0.1, 0.15) is 17.6 Å². The van der Waals surface area contributed by atoms with E-state index in [2.05, 4.69) is 10.3 Å². The topological polar surface area (TPSA) is 105 Å². The van der Waals surface area contributed by atoms with Crippen molar-refractivity contribution in [2.75, 3.05) is 5.32 Å². The average molecular weight is 265 g/mol. The SMILES string of the molecule is Cc1cc([N+](=O)[O-])cnc1NC1(C(=O)O)CCCC1. The van der Waals surface area contributed by atoms with E-state index in [-0.39, 0.29) is 5.69 Å². The number of nitrogens with one attached hydrogen (secondary N) is 1. The molecule has 7 heteroatoms. The molecular weight excluding hydrogens is 250 g/mol. The van der Waals surface area contributed by atoms with Gasteiger partial charge in [-0.1, -0.05) is 12.8 Å². The van der Waals surface area contributed by atoms with Crippen LogP contribution in [0.25, 0.3) is 0 Å². The van der Waals surface area contributed by atoms with Crippen LogP contribution in [-0.2, 0) is 4.79 Å². The van der Waals surface area contributed by atoms with Gasteiger partial charge in [0, 0.05) is 6.07 Å². The summed E-state index contributed by atoms with van der Waals surface area (Å²) in [6.07, 6.45) is 3.93. The molecule has 1 saturated carbocycles. The van der Waals surface area contributed by atoms with Crippen molar-refractivity contribution in [2.24, 2.45) is 0 Å². The Morgan fingerprint density at radius 1 is 1.53 bits per heavy atom. The van der Waals surface area contributed by atoms with E-state index in [9.17, 15) is 20.0 Å². The second kappa shape index (κ2) is 4.83. The van der Waals surface area contributed by atoms with E-state index in [1.807, 2.05) is 0 Å². The molecule has 1 aromatic heterocycles. The summed E-state index contributed by atoms with van der Waals surface area (Å²) in [5.41, 5.74) is -0.519. The van der Waals surface area contributed by atoms with Crippen molar-refractivity contribution in [3.63, 3.8) is 0 Å². The number of aromatic nitrogens is 1. The second-order valence-electron chi connectivity index (χ2n) is 4.84. The highest BCUT2D eigenvalue weighted by Gasteiger charge is 2.41.